The van der Waals surface area contributed by atoms with E-state index < -0.39 is 0 Å². The van der Waals surface area contributed by atoms with E-state index in [2.05, 4.69) is 32.7 Å². The Morgan fingerprint density at radius 3 is 1.80 bits per heavy atom. The summed E-state index contributed by atoms with van der Waals surface area (Å²) in [7, 11) is 1.89. The molecule has 0 aliphatic heterocycles. The molecule has 0 saturated carbocycles. The zero-order chi connectivity index (χ0) is 8.15. The normalized spacial score (nSPS) is 13.3. The second-order valence-corrected chi connectivity index (χ2v) is 3.47. The average Bonchev–Trinajstić information content (AvgIpc) is 1.81. The lowest BCUT2D eigenvalue weighted by Crippen LogP contribution is -2.10. The first-order valence-corrected chi connectivity index (χ1v) is 4.03. The summed E-state index contributed by atoms with van der Waals surface area (Å²) >= 11 is 0. The van der Waals surface area contributed by atoms with Crippen LogP contribution in [-0.2, 0) is 0 Å². The topological polar surface area (TPSA) is 12.4 Å². The van der Waals surface area contributed by atoms with E-state index in [4.69, 9.17) is 0 Å². The first-order chi connectivity index (χ1) is 4.57. The van der Waals surface area contributed by atoms with Gasteiger partial charge in [0, 0.05) is 12.8 Å². The Labute approximate surface area is 64.6 Å². The van der Waals surface area contributed by atoms with Crippen LogP contribution < -0.4 is 0 Å². The minimum Gasteiger partial charge on any atom is -0.297 e. The minimum absolute atomic E-state index is 0.618. The number of hydrogen-bond donors (Lipinski definition) is 0. The first kappa shape index (κ1) is 9.67. The molecule has 0 heterocycles. The Bertz CT molecular complexity index is 112. The molecule has 0 bridgehead atoms. The Hall–Kier alpha value is -0.330. The van der Waals surface area contributed by atoms with Gasteiger partial charge >= 0.3 is 0 Å². The van der Waals surface area contributed by atoms with Gasteiger partial charge in [0.15, 0.2) is 0 Å². The number of aliphatic imine (C=N–C) groups is 1. The molecule has 0 saturated heterocycles. The molecule has 0 unspecified atom stereocenters. The highest BCUT2D eigenvalue weighted by Gasteiger charge is 2.05. The summed E-state index contributed by atoms with van der Waals surface area (Å²) in [5.74, 6) is 1.36. The van der Waals surface area contributed by atoms with Gasteiger partial charge in [0.1, 0.15) is 0 Å². The molecule has 1 heteroatoms. The summed E-state index contributed by atoms with van der Waals surface area (Å²) < 4.78 is 0. The standard InChI is InChI=1S/C9H19N/c1-7(2)6-9(10-5)8(3)4/h7-8H,6H2,1-5H3. The van der Waals surface area contributed by atoms with E-state index in [-0.39, 0.29) is 0 Å². The van der Waals surface area contributed by atoms with Crippen LogP contribution in [0.4, 0.5) is 0 Å². The fourth-order valence-electron chi connectivity index (χ4n) is 1.00. The SMILES string of the molecule is CN=C(CC(C)C)C(C)C. The van der Waals surface area contributed by atoms with Crippen molar-refractivity contribution in [3.05, 3.63) is 0 Å². The van der Waals surface area contributed by atoms with Gasteiger partial charge in [-0.25, -0.2) is 0 Å². The highest BCUT2D eigenvalue weighted by molar-refractivity contribution is 5.86. The van der Waals surface area contributed by atoms with Crippen molar-refractivity contribution in [2.75, 3.05) is 7.05 Å². The summed E-state index contributed by atoms with van der Waals surface area (Å²) in [5, 5.41) is 0. The van der Waals surface area contributed by atoms with Crippen molar-refractivity contribution in [1.29, 1.82) is 0 Å². The molecule has 1 nitrogen and oxygen atoms in total. The molecule has 0 radical (unpaired) electrons. The lowest BCUT2D eigenvalue weighted by atomic mass is 9.98. The van der Waals surface area contributed by atoms with Gasteiger partial charge < -0.3 is 0 Å². The first-order valence-electron chi connectivity index (χ1n) is 4.03. The van der Waals surface area contributed by atoms with Crippen molar-refractivity contribution in [1.82, 2.24) is 0 Å². The van der Waals surface area contributed by atoms with E-state index >= 15 is 0 Å². The lowest BCUT2D eigenvalue weighted by Gasteiger charge is -2.10. The molecule has 0 aromatic heterocycles. The summed E-state index contributed by atoms with van der Waals surface area (Å²) in [6, 6.07) is 0. The van der Waals surface area contributed by atoms with Crippen molar-refractivity contribution < 1.29 is 0 Å². The third kappa shape index (κ3) is 3.65. The predicted molar refractivity (Wildman–Crippen MR) is 47.7 cm³/mol. The fraction of sp³-hybridized carbons (Fsp3) is 0.889. The van der Waals surface area contributed by atoms with Crippen LogP contribution >= 0.6 is 0 Å². The molecule has 0 aliphatic rings. The molecular weight excluding hydrogens is 122 g/mol. The summed E-state index contributed by atoms with van der Waals surface area (Å²) in [6.07, 6.45) is 1.15. The molecule has 0 aromatic carbocycles. The van der Waals surface area contributed by atoms with E-state index in [1.807, 2.05) is 7.05 Å². The highest BCUT2D eigenvalue weighted by atomic mass is 14.7. The second-order valence-electron chi connectivity index (χ2n) is 3.47. The molecule has 0 rings (SSSR count). The van der Waals surface area contributed by atoms with Crippen LogP contribution in [0.5, 0.6) is 0 Å². The lowest BCUT2D eigenvalue weighted by molar-refractivity contribution is 0.659. The maximum Gasteiger partial charge on any atom is 0.0276 e. The van der Waals surface area contributed by atoms with Gasteiger partial charge in [0.2, 0.25) is 0 Å². The molecular formula is C9H19N. The van der Waals surface area contributed by atoms with Crippen LogP contribution in [0.1, 0.15) is 34.1 Å². The van der Waals surface area contributed by atoms with Crippen molar-refractivity contribution in [2.24, 2.45) is 16.8 Å². The van der Waals surface area contributed by atoms with E-state index in [0.717, 1.165) is 12.3 Å². The smallest absolute Gasteiger partial charge is 0.0276 e. The number of rotatable bonds is 3. The third-order valence-corrected chi connectivity index (χ3v) is 1.57. The predicted octanol–water partition coefficient (Wildman–Crippen LogP) is 2.76. The zero-order valence-corrected chi connectivity index (χ0v) is 7.81. The largest absolute Gasteiger partial charge is 0.297 e. The van der Waals surface area contributed by atoms with E-state index in [1.165, 1.54) is 5.71 Å². The maximum absolute atomic E-state index is 4.24. The van der Waals surface area contributed by atoms with Crippen LogP contribution in [0, 0.1) is 11.8 Å². The Balaban J connectivity index is 3.86. The highest BCUT2D eigenvalue weighted by Crippen LogP contribution is 2.08. The third-order valence-electron chi connectivity index (χ3n) is 1.57. The molecule has 0 fully saturated rings. The van der Waals surface area contributed by atoms with Crippen molar-refractivity contribution in [3.63, 3.8) is 0 Å². The van der Waals surface area contributed by atoms with E-state index in [1.54, 1.807) is 0 Å². The quantitative estimate of drug-likeness (QED) is 0.536. The molecule has 0 N–H and O–H groups in total. The van der Waals surface area contributed by atoms with Crippen LogP contribution in [0.3, 0.4) is 0 Å². The average molecular weight is 141 g/mol. The van der Waals surface area contributed by atoms with E-state index in [0.29, 0.717) is 5.92 Å². The minimum atomic E-state index is 0.618. The van der Waals surface area contributed by atoms with Gasteiger partial charge in [-0.15, -0.1) is 0 Å². The van der Waals surface area contributed by atoms with Gasteiger partial charge in [0.05, 0.1) is 0 Å². The maximum atomic E-state index is 4.24. The zero-order valence-electron chi connectivity index (χ0n) is 7.81. The number of hydrogen-bond acceptors (Lipinski definition) is 1. The summed E-state index contributed by atoms with van der Waals surface area (Å²) in [5.41, 5.74) is 1.34. The van der Waals surface area contributed by atoms with Crippen LogP contribution in [0.25, 0.3) is 0 Å². The molecule has 0 spiro atoms. The molecule has 0 aromatic rings. The second kappa shape index (κ2) is 4.48. The molecule has 60 valence electrons. The Kier molecular flexibility index (Phi) is 4.33. The summed E-state index contributed by atoms with van der Waals surface area (Å²) in [6.45, 7) is 8.86. The fourth-order valence-corrected chi connectivity index (χ4v) is 1.00. The van der Waals surface area contributed by atoms with E-state index in [9.17, 15) is 0 Å². The molecule has 0 aliphatic carbocycles. The van der Waals surface area contributed by atoms with Gasteiger partial charge in [0.25, 0.3) is 0 Å². The van der Waals surface area contributed by atoms with Crippen LogP contribution in [0.2, 0.25) is 0 Å². The molecule has 10 heavy (non-hydrogen) atoms. The van der Waals surface area contributed by atoms with Crippen molar-refractivity contribution in [2.45, 2.75) is 34.1 Å². The van der Waals surface area contributed by atoms with Crippen molar-refractivity contribution in [3.8, 4) is 0 Å². The van der Waals surface area contributed by atoms with Gasteiger partial charge in [-0.3, -0.25) is 4.99 Å². The van der Waals surface area contributed by atoms with Gasteiger partial charge in [-0.1, -0.05) is 27.7 Å². The van der Waals surface area contributed by atoms with Gasteiger partial charge in [-0.2, -0.15) is 0 Å². The summed E-state index contributed by atoms with van der Waals surface area (Å²) in [4.78, 5) is 4.24. The number of nitrogens with zero attached hydrogens (tertiary/aromatic N) is 1. The Morgan fingerprint density at radius 1 is 1.20 bits per heavy atom. The van der Waals surface area contributed by atoms with Crippen LogP contribution in [0.15, 0.2) is 4.99 Å². The Morgan fingerprint density at radius 2 is 1.70 bits per heavy atom. The monoisotopic (exact) mass is 141 g/mol. The van der Waals surface area contributed by atoms with Crippen molar-refractivity contribution >= 4 is 5.71 Å². The molecule has 0 atom stereocenters. The molecule has 0 amide bonds. The van der Waals surface area contributed by atoms with Gasteiger partial charge in [-0.05, 0) is 18.3 Å². The van der Waals surface area contributed by atoms with Crippen LogP contribution in [-0.4, -0.2) is 12.8 Å².